The minimum absolute atomic E-state index is 0.118. The summed E-state index contributed by atoms with van der Waals surface area (Å²) in [6.07, 6.45) is 1.52. The Morgan fingerprint density at radius 2 is 2.04 bits per heavy atom. The minimum atomic E-state index is -0.509. The van der Waals surface area contributed by atoms with Crippen LogP contribution in [0.1, 0.15) is 33.6 Å². The number of likely N-dealkylation sites (tertiary alicyclic amines) is 1. The first-order valence-electron chi connectivity index (χ1n) is 9.41. The summed E-state index contributed by atoms with van der Waals surface area (Å²) in [5.41, 5.74) is 0.376. The van der Waals surface area contributed by atoms with Crippen LogP contribution in [-0.4, -0.2) is 67.8 Å². The highest BCUT2D eigenvalue weighted by Gasteiger charge is 2.33. The van der Waals surface area contributed by atoms with E-state index in [4.69, 9.17) is 16.3 Å². The van der Waals surface area contributed by atoms with Gasteiger partial charge in [0.1, 0.15) is 11.4 Å². The van der Waals surface area contributed by atoms with Crippen LogP contribution < -0.4 is 4.90 Å². The monoisotopic (exact) mass is 399 g/mol. The number of carbonyl (C=O) groups is 1. The molecule has 27 heavy (non-hydrogen) atoms. The lowest BCUT2D eigenvalue weighted by atomic mass is 10.1. The molecule has 1 heterocycles. The van der Waals surface area contributed by atoms with Crippen molar-refractivity contribution in [2.75, 3.05) is 45.2 Å². The zero-order chi connectivity index (χ0) is 20.2. The van der Waals surface area contributed by atoms with Gasteiger partial charge in [-0.05, 0) is 72.5 Å². The number of nitrogens with zero attached hydrogens (tertiary/aromatic N) is 3. The second-order valence-corrected chi connectivity index (χ2v) is 8.72. The van der Waals surface area contributed by atoms with Crippen LogP contribution in [0, 0.1) is 5.82 Å². The molecule has 1 aliphatic rings. The molecule has 0 spiro atoms. The lowest BCUT2D eigenvalue weighted by Gasteiger charge is -2.32. The Bertz CT molecular complexity index is 649. The Balaban J connectivity index is 2.11. The van der Waals surface area contributed by atoms with Gasteiger partial charge in [0, 0.05) is 31.4 Å². The van der Waals surface area contributed by atoms with Crippen molar-refractivity contribution in [2.24, 2.45) is 0 Å². The van der Waals surface area contributed by atoms with E-state index < -0.39 is 11.4 Å². The molecule has 5 nitrogen and oxygen atoms in total. The standard InChI is InChI=1S/C20H31ClFN3O2/c1-20(2,3)27-19(26)24-12-9-16(14-24)25(11-6-10-23(4)5)15-7-8-18(22)17(21)13-15/h7-8,13,16H,6,9-12,14H2,1-5H3/t16-/m0/s1. The molecule has 0 unspecified atom stereocenters. The highest BCUT2D eigenvalue weighted by atomic mass is 35.5. The van der Waals surface area contributed by atoms with Gasteiger partial charge in [-0.25, -0.2) is 9.18 Å². The van der Waals surface area contributed by atoms with Crippen molar-refractivity contribution >= 4 is 23.4 Å². The molecule has 1 aromatic carbocycles. The summed E-state index contributed by atoms with van der Waals surface area (Å²) >= 11 is 6.01. The molecule has 1 aliphatic heterocycles. The zero-order valence-electron chi connectivity index (χ0n) is 17.0. The van der Waals surface area contributed by atoms with Crippen molar-refractivity contribution < 1.29 is 13.9 Å². The number of amides is 1. The van der Waals surface area contributed by atoms with Crippen molar-refractivity contribution in [3.8, 4) is 0 Å². The van der Waals surface area contributed by atoms with Gasteiger partial charge in [0.15, 0.2) is 0 Å². The summed E-state index contributed by atoms with van der Waals surface area (Å²) in [5, 5.41) is 0.118. The normalized spacial score (nSPS) is 17.5. The van der Waals surface area contributed by atoms with Crippen LogP contribution in [0.25, 0.3) is 0 Å². The number of hydrogen-bond donors (Lipinski definition) is 0. The molecule has 0 saturated carbocycles. The summed E-state index contributed by atoms with van der Waals surface area (Å²) in [4.78, 5) is 18.5. The maximum atomic E-state index is 13.6. The van der Waals surface area contributed by atoms with Gasteiger partial charge < -0.3 is 19.4 Å². The Morgan fingerprint density at radius 1 is 1.33 bits per heavy atom. The third kappa shape index (κ3) is 6.54. The molecule has 0 radical (unpaired) electrons. The quantitative estimate of drug-likeness (QED) is 0.716. The number of carbonyl (C=O) groups excluding carboxylic acids is 1. The molecule has 1 fully saturated rings. The molecule has 1 atom stereocenters. The summed E-state index contributed by atoms with van der Waals surface area (Å²) in [5.74, 6) is -0.421. The lowest BCUT2D eigenvalue weighted by Crippen LogP contribution is -2.41. The largest absolute Gasteiger partial charge is 0.444 e. The Labute approximate surface area is 167 Å². The van der Waals surface area contributed by atoms with Gasteiger partial charge in [-0.15, -0.1) is 0 Å². The average Bonchev–Trinajstić information content (AvgIpc) is 3.02. The summed E-state index contributed by atoms with van der Waals surface area (Å²) in [6, 6.07) is 4.98. The Morgan fingerprint density at radius 3 is 2.63 bits per heavy atom. The van der Waals surface area contributed by atoms with Gasteiger partial charge in [-0.1, -0.05) is 11.6 Å². The third-order valence-corrected chi connectivity index (χ3v) is 4.78. The first-order chi connectivity index (χ1) is 12.6. The second kappa shape index (κ2) is 9.11. The number of benzene rings is 1. The Hall–Kier alpha value is -1.53. The van der Waals surface area contributed by atoms with E-state index in [2.05, 4.69) is 9.80 Å². The first kappa shape index (κ1) is 21.8. The van der Waals surface area contributed by atoms with Gasteiger partial charge in [-0.2, -0.15) is 0 Å². The molecule has 1 aromatic rings. The molecule has 0 N–H and O–H groups in total. The van der Waals surface area contributed by atoms with E-state index in [9.17, 15) is 9.18 Å². The molecule has 0 aliphatic carbocycles. The molecule has 0 aromatic heterocycles. The maximum absolute atomic E-state index is 13.6. The van der Waals surface area contributed by atoms with Gasteiger partial charge in [-0.3, -0.25) is 0 Å². The van der Waals surface area contributed by atoms with Crippen LogP contribution in [0.4, 0.5) is 14.9 Å². The number of halogens is 2. The smallest absolute Gasteiger partial charge is 0.410 e. The van der Waals surface area contributed by atoms with E-state index in [1.807, 2.05) is 34.9 Å². The molecule has 152 valence electrons. The van der Waals surface area contributed by atoms with Crippen LogP contribution >= 0.6 is 11.6 Å². The van der Waals surface area contributed by atoms with E-state index in [1.165, 1.54) is 6.07 Å². The summed E-state index contributed by atoms with van der Waals surface area (Å²) in [7, 11) is 4.08. The SMILES string of the molecule is CN(C)CCCN(c1ccc(F)c(Cl)c1)[C@H]1CCN(C(=O)OC(C)(C)C)C1. The molecule has 1 saturated heterocycles. The molecule has 1 amide bonds. The van der Waals surface area contributed by atoms with Crippen molar-refractivity contribution in [1.29, 1.82) is 0 Å². The molecule has 2 rings (SSSR count). The predicted molar refractivity (Wildman–Crippen MR) is 108 cm³/mol. The highest BCUT2D eigenvalue weighted by Crippen LogP contribution is 2.28. The van der Waals surface area contributed by atoms with Crippen LogP contribution in [0.5, 0.6) is 0 Å². The fourth-order valence-electron chi connectivity index (χ4n) is 3.23. The molecular weight excluding hydrogens is 369 g/mol. The maximum Gasteiger partial charge on any atom is 0.410 e. The van der Waals surface area contributed by atoms with Gasteiger partial charge in [0.25, 0.3) is 0 Å². The van der Waals surface area contributed by atoms with Crippen molar-refractivity contribution in [3.05, 3.63) is 29.0 Å². The summed E-state index contributed by atoms with van der Waals surface area (Å²) < 4.78 is 19.1. The van der Waals surface area contributed by atoms with E-state index in [1.54, 1.807) is 17.0 Å². The zero-order valence-corrected chi connectivity index (χ0v) is 17.7. The van der Waals surface area contributed by atoms with Crippen molar-refractivity contribution in [3.63, 3.8) is 0 Å². The average molecular weight is 400 g/mol. The van der Waals surface area contributed by atoms with Crippen LogP contribution in [0.15, 0.2) is 18.2 Å². The number of rotatable bonds is 6. The second-order valence-electron chi connectivity index (χ2n) is 8.32. The van der Waals surface area contributed by atoms with Crippen LogP contribution in [0.2, 0.25) is 5.02 Å². The van der Waals surface area contributed by atoms with E-state index >= 15 is 0 Å². The fraction of sp³-hybridized carbons (Fsp3) is 0.650. The Kier molecular flexibility index (Phi) is 7.34. The van der Waals surface area contributed by atoms with Crippen molar-refractivity contribution in [1.82, 2.24) is 9.80 Å². The highest BCUT2D eigenvalue weighted by molar-refractivity contribution is 6.31. The first-order valence-corrected chi connectivity index (χ1v) is 9.79. The van der Waals surface area contributed by atoms with Crippen LogP contribution in [0.3, 0.4) is 0 Å². The fourth-order valence-corrected chi connectivity index (χ4v) is 3.41. The number of anilines is 1. The molecule has 7 heteroatoms. The van der Waals surface area contributed by atoms with E-state index in [-0.39, 0.29) is 17.2 Å². The van der Waals surface area contributed by atoms with E-state index in [0.717, 1.165) is 31.6 Å². The topological polar surface area (TPSA) is 36.0 Å². The minimum Gasteiger partial charge on any atom is -0.444 e. The molecular formula is C20H31ClFN3O2. The predicted octanol–water partition coefficient (Wildman–Crippen LogP) is 4.25. The number of ether oxygens (including phenoxy) is 1. The lowest BCUT2D eigenvalue weighted by molar-refractivity contribution is 0.0292. The number of hydrogen-bond acceptors (Lipinski definition) is 4. The van der Waals surface area contributed by atoms with Gasteiger partial charge >= 0.3 is 6.09 Å². The summed E-state index contributed by atoms with van der Waals surface area (Å²) in [6.45, 7) is 8.61. The van der Waals surface area contributed by atoms with Gasteiger partial charge in [0.05, 0.1) is 5.02 Å². The third-order valence-electron chi connectivity index (χ3n) is 4.50. The van der Waals surface area contributed by atoms with Gasteiger partial charge in [0.2, 0.25) is 0 Å². The van der Waals surface area contributed by atoms with Crippen molar-refractivity contribution in [2.45, 2.75) is 45.3 Å². The van der Waals surface area contributed by atoms with Crippen LogP contribution in [-0.2, 0) is 4.74 Å². The molecule has 0 bridgehead atoms. The van der Waals surface area contributed by atoms with E-state index in [0.29, 0.717) is 13.1 Å².